The van der Waals surface area contributed by atoms with Crippen LogP contribution in [0.15, 0.2) is 29.5 Å². The van der Waals surface area contributed by atoms with Crippen LogP contribution in [0.1, 0.15) is 19.3 Å². The third-order valence-electron chi connectivity index (χ3n) is 2.09. The maximum Gasteiger partial charge on any atom is 1.00 e. The van der Waals surface area contributed by atoms with Crippen LogP contribution >= 0.6 is 54.5 Å². The van der Waals surface area contributed by atoms with Gasteiger partial charge in [0.25, 0.3) is 0 Å². The third kappa shape index (κ3) is 8.90. The first-order valence-electron chi connectivity index (χ1n) is 5.27. The zero-order chi connectivity index (χ0) is 18.6. The number of thiophene rings is 2. The molecule has 2 heterocycles. The van der Waals surface area contributed by atoms with Crippen molar-refractivity contribution in [2.24, 2.45) is 0 Å². The maximum absolute atomic E-state index is 10.5. The Bertz CT molecular complexity index is 769. The Morgan fingerprint density at radius 3 is 1.23 bits per heavy atom. The van der Waals surface area contributed by atoms with E-state index in [1.165, 1.54) is 0 Å². The second-order valence-corrected chi connectivity index (χ2v) is 10.2. The van der Waals surface area contributed by atoms with E-state index in [1.54, 1.807) is 0 Å². The van der Waals surface area contributed by atoms with E-state index in [4.69, 9.17) is 9.11 Å². The fourth-order valence-corrected chi connectivity index (χ4v) is 6.01. The van der Waals surface area contributed by atoms with Gasteiger partial charge in [-0.25, -0.2) is 8.42 Å². The van der Waals surface area contributed by atoms with Crippen molar-refractivity contribution < 1.29 is 96.4 Å². The molecule has 2 N–H and O–H groups in total. The predicted octanol–water partition coefficient (Wildman–Crippen LogP) is -5.08. The van der Waals surface area contributed by atoms with Crippen molar-refractivity contribution in [1.82, 2.24) is 0 Å². The number of halogens is 2. The molecule has 0 spiro atoms. The van der Waals surface area contributed by atoms with Crippen molar-refractivity contribution in [3.63, 3.8) is 0 Å². The number of rotatable bonds is 4. The van der Waals surface area contributed by atoms with Crippen LogP contribution in [0.25, 0.3) is 0 Å². The van der Waals surface area contributed by atoms with E-state index in [-0.39, 0.29) is 78.7 Å². The largest absolute Gasteiger partial charge is 1.00 e. The molecule has 0 saturated carbocycles. The summed E-state index contributed by atoms with van der Waals surface area (Å²) in [5.74, 6) is -2.70. The maximum atomic E-state index is 10.5. The Morgan fingerprint density at radius 1 is 0.846 bits per heavy atom. The van der Waals surface area contributed by atoms with Gasteiger partial charge in [-0.05, 0) is 44.0 Å². The van der Waals surface area contributed by atoms with Crippen molar-refractivity contribution in [3.8, 4) is 0 Å². The average Bonchev–Trinajstić information content (AvgIpc) is 3.03. The molecule has 26 heavy (non-hydrogen) atoms. The van der Waals surface area contributed by atoms with Crippen molar-refractivity contribution in [2.45, 2.75) is 9.79 Å². The van der Waals surface area contributed by atoms with Gasteiger partial charge >= 0.3 is 59.1 Å². The Morgan fingerprint density at radius 2 is 1.12 bits per heavy atom. The predicted molar refractivity (Wildman–Crippen MR) is 90.8 cm³/mol. The van der Waals surface area contributed by atoms with Crippen LogP contribution in [0.2, 0.25) is 0 Å². The molecule has 0 fully saturated rings. The van der Waals surface area contributed by atoms with Crippen molar-refractivity contribution in [3.05, 3.63) is 29.5 Å². The van der Waals surface area contributed by atoms with Crippen molar-refractivity contribution in [1.29, 1.82) is 0 Å². The fraction of sp³-hybridized carbons (Fsp3) is 0. The van der Waals surface area contributed by atoms with Crippen LogP contribution in [0.3, 0.4) is 0 Å². The molecule has 8 nitrogen and oxygen atoms in total. The summed E-state index contributed by atoms with van der Waals surface area (Å²) in [7, 11) is 0. The van der Waals surface area contributed by atoms with E-state index in [0.29, 0.717) is 7.57 Å². The van der Waals surface area contributed by atoms with Gasteiger partial charge in [-0.15, -0.1) is 22.7 Å². The minimum absolute atomic E-state index is 0. The number of carboxylic acids is 2. The van der Waals surface area contributed by atoms with E-state index >= 15 is 0 Å². The summed E-state index contributed by atoms with van der Waals surface area (Å²) in [6.45, 7) is 0. The van der Waals surface area contributed by atoms with Crippen molar-refractivity contribution in [2.75, 3.05) is 0 Å². The average molecular weight is 586 g/mol. The Balaban J connectivity index is 0. The molecule has 0 aromatic carbocycles. The molecule has 0 aliphatic heterocycles. The number of aromatic carboxylic acids is 2. The zero-order valence-corrected chi connectivity index (χ0v) is 23.3. The number of carbonyl (C=O) groups is 2. The van der Waals surface area contributed by atoms with Gasteiger partial charge in [0.2, 0.25) is 0 Å². The molecule has 0 amide bonds. The summed E-state index contributed by atoms with van der Waals surface area (Å²) in [5, 5.41) is 20.6. The van der Waals surface area contributed by atoms with Crippen LogP contribution in [0.4, 0.5) is 0 Å². The summed E-state index contributed by atoms with van der Waals surface area (Å²) in [6.07, 6.45) is 0. The monoisotopic (exact) mass is 584 g/mol. The first-order valence-corrected chi connectivity index (χ1v) is 10.7. The zero-order valence-electron chi connectivity index (χ0n) is 12.9. The number of carbonyl (C=O) groups excluding carboxylic acids is 2. The molecule has 2 aromatic heterocycles. The minimum atomic E-state index is -2.16. The van der Waals surface area contributed by atoms with E-state index in [9.17, 15) is 28.2 Å². The summed E-state index contributed by atoms with van der Waals surface area (Å²) in [5.41, 5.74) is 0. The molecular weight excluding hydrogens is 582 g/mol. The van der Waals surface area contributed by atoms with E-state index in [2.05, 4.69) is 31.9 Å². The summed E-state index contributed by atoms with van der Waals surface area (Å²) >= 11 is 3.30. The van der Waals surface area contributed by atoms with Gasteiger partial charge in [0.05, 0.1) is 39.1 Å². The summed E-state index contributed by atoms with van der Waals surface area (Å²) in [4.78, 5) is 20.5. The Labute approximate surface area is 221 Å². The van der Waals surface area contributed by atoms with Crippen molar-refractivity contribution >= 4 is 88.6 Å². The first kappa shape index (κ1) is 29.7. The molecule has 0 saturated heterocycles. The van der Waals surface area contributed by atoms with Crippen LogP contribution in [-0.4, -0.2) is 29.5 Å². The third-order valence-corrected chi connectivity index (χ3v) is 7.90. The molecule has 0 radical (unpaired) electrons. The van der Waals surface area contributed by atoms with Crippen LogP contribution in [0.5, 0.6) is 0 Å². The molecule has 2 aromatic rings. The minimum Gasteiger partial charge on any atom is -0.544 e. The molecule has 16 heteroatoms. The van der Waals surface area contributed by atoms with Gasteiger partial charge in [-0.1, -0.05) is 0 Å². The molecule has 0 bridgehead atoms. The van der Waals surface area contributed by atoms with Gasteiger partial charge < -0.3 is 28.9 Å². The van der Waals surface area contributed by atoms with Gasteiger partial charge in [0.15, 0.2) is 22.2 Å². The number of carboxylic acid groups (broad SMARTS) is 2. The summed E-state index contributed by atoms with van der Waals surface area (Å²) in [6, 6.07) is 2.22. The van der Waals surface area contributed by atoms with Crippen LogP contribution in [-0.2, 0) is 22.2 Å². The Hall–Kier alpha value is 1.52. The second-order valence-electron chi connectivity index (χ2n) is 3.57. The molecule has 2 rings (SSSR count). The molecular formula is C10H4Br2Na2O8S4. The topological polar surface area (TPSA) is 155 Å². The Kier molecular flexibility index (Phi) is 15.6. The molecule has 0 aliphatic rings. The molecule has 0 aliphatic carbocycles. The van der Waals surface area contributed by atoms with Crippen LogP contribution < -0.4 is 69.3 Å². The molecule has 132 valence electrons. The molecule has 2 atom stereocenters. The fourth-order valence-electron chi connectivity index (χ4n) is 1.14. The van der Waals surface area contributed by atoms with Crippen LogP contribution in [0, 0.1) is 0 Å². The van der Waals surface area contributed by atoms with E-state index < -0.39 is 34.1 Å². The van der Waals surface area contributed by atoms with Gasteiger partial charge in [0.1, 0.15) is 0 Å². The number of hydrogen-bond acceptors (Lipinski definition) is 8. The quantitative estimate of drug-likeness (QED) is 0.267. The van der Waals surface area contributed by atoms with Gasteiger partial charge in [-0.3, -0.25) is 0 Å². The standard InChI is InChI=1S/2C5H3BrO4S2.2Na/c2*6-4-3(12(9)10)1-2(11-4)5(7)8;;/h2*1H,(H,7,8)(H,9,10);;/q;;2*+1/p-2. The number of hydrogen-bond donors (Lipinski definition) is 2. The van der Waals surface area contributed by atoms with E-state index in [1.807, 2.05) is 0 Å². The molecule has 2 unspecified atom stereocenters. The van der Waals surface area contributed by atoms with E-state index in [0.717, 1.165) is 34.8 Å². The van der Waals surface area contributed by atoms with Gasteiger partial charge in [-0.2, -0.15) is 0 Å². The van der Waals surface area contributed by atoms with Gasteiger partial charge in [0, 0.05) is 0 Å². The smallest absolute Gasteiger partial charge is 0.544 e. The first-order chi connectivity index (χ1) is 11.0. The normalized spacial score (nSPS) is 11.8. The second kappa shape index (κ2) is 13.7. The SMILES string of the molecule is O=C([O-])c1cc(S(=O)O)c(Br)s1.O=C([O-])c1cc(S(=O)O)c(Br)s1.[Na+].[Na+]. The summed E-state index contributed by atoms with van der Waals surface area (Å²) < 4.78 is 39.0.